The molecule has 24 heavy (non-hydrogen) atoms. The fourth-order valence-electron chi connectivity index (χ4n) is 1.76. The second-order valence-electron chi connectivity index (χ2n) is 4.73. The minimum Gasteiger partial charge on any atom is -0.484 e. The zero-order chi connectivity index (χ0) is 17.4. The zero-order valence-corrected chi connectivity index (χ0v) is 14.2. The summed E-state index contributed by atoms with van der Waals surface area (Å²) in [5.74, 6) is -0.280. The third-order valence-electron chi connectivity index (χ3n) is 2.95. The summed E-state index contributed by atoms with van der Waals surface area (Å²) in [7, 11) is 0. The maximum absolute atomic E-state index is 11.8. The first-order valence-electron chi connectivity index (χ1n) is 7.02. The third-order valence-corrected chi connectivity index (χ3v) is 3.64. The van der Waals surface area contributed by atoms with E-state index in [1.807, 2.05) is 12.1 Å². The third kappa shape index (κ3) is 5.41. The fraction of sp³-hybridized carbons (Fsp3) is 0.118. The molecule has 0 aliphatic rings. The van der Waals surface area contributed by atoms with Gasteiger partial charge in [0.15, 0.2) is 6.61 Å². The molecule has 6 nitrogen and oxygen atoms in total. The lowest BCUT2D eigenvalue weighted by atomic mass is 10.2. The van der Waals surface area contributed by atoms with Gasteiger partial charge in [-0.3, -0.25) is 9.59 Å². The van der Waals surface area contributed by atoms with Gasteiger partial charge in [-0.05, 0) is 52.3 Å². The number of ether oxygens (including phenoxy) is 1. The summed E-state index contributed by atoms with van der Waals surface area (Å²) < 4.78 is 6.03. The average molecular weight is 388 g/mol. The molecule has 2 amide bonds. The van der Waals surface area contributed by atoms with E-state index in [9.17, 15) is 9.59 Å². The molecular weight excluding hydrogens is 374 g/mol. The molecule has 122 valence electrons. The van der Waals surface area contributed by atoms with Crippen LogP contribution in [0.3, 0.4) is 0 Å². The number of carbonyl (C=O) groups is 2. The smallest absolute Gasteiger partial charge is 0.258 e. The molecule has 0 bridgehead atoms. The van der Waals surface area contributed by atoms with Gasteiger partial charge in [-0.15, -0.1) is 0 Å². The Bertz CT molecular complexity index is 769. The van der Waals surface area contributed by atoms with Gasteiger partial charge in [-0.1, -0.05) is 12.1 Å². The lowest BCUT2D eigenvalue weighted by Crippen LogP contribution is -2.35. The summed E-state index contributed by atoms with van der Waals surface area (Å²) >= 11 is 3.32. The molecule has 0 heterocycles. The monoisotopic (exact) mass is 387 g/mol. The number of hydrogen-bond donors (Lipinski definition) is 2. The van der Waals surface area contributed by atoms with E-state index >= 15 is 0 Å². The number of nitriles is 1. The van der Waals surface area contributed by atoms with Crippen LogP contribution >= 0.6 is 15.9 Å². The van der Waals surface area contributed by atoms with E-state index in [4.69, 9.17) is 10.00 Å². The van der Waals surface area contributed by atoms with Crippen LogP contribution in [-0.4, -0.2) is 25.0 Å². The number of rotatable bonds is 6. The van der Waals surface area contributed by atoms with Gasteiger partial charge in [0.2, 0.25) is 5.91 Å². The van der Waals surface area contributed by atoms with Crippen molar-refractivity contribution in [3.8, 4) is 11.8 Å². The van der Waals surface area contributed by atoms with Crippen molar-refractivity contribution in [2.24, 2.45) is 0 Å². The van der Waals surface area contributed by atoms with Crippen molar-refractivity contribution in [1.82, 2.24) is 5.32 Å². The highest BCUT2D eigenvalue weighted by Gasteiger charge is 2.08. The molecule has 0 radical (unpaired) electrons. The summed E-state index contributed by atoms with van der Waals surface area (Å²) in [5.41, 5.74) is 1.14. The van der Waals surface area contributed by atoms with Crippen molar-refractivity contribution in [3.63, 3.8) is 0 Å². The number of nitrogens with zero attached hydrogens (tertiary/aromatic N) is 1. The largest absolute Gasteiger partial charge is 0.484 e. The van der Waals surface area contributed by atoms with Crippen molar-refractivity contribution in [1.29, 1.82) is 5.26 Å². The minimum absolute atomic E-state index is 0.156. The number of carbonyl (C=O) groups excluding carboxylic acids is 2. The van der Waals surface area contributed by atoms with Crippen LogP contribution in [0.5, 0.6) is 5.75 Å². The average Bonchev–Trinajstić information content (AvgIpc) is 2.60. The van der Waals surface area contributed by atoms with Crippen molar-refractivity contribution >= 4 is 33.4 Å². The Morgan fingerprint density at radius 2 is 1.79 bits per heavy atom. The summed E-state index contributed by atoms with van der Waals surface area (Å²) in [6.45, 7) is -0.370. The second kappa shape index (κ2) is 8.70. The van der Waals surface area contributed by atoms with Gasteiger partial charge in [-0.2, -0.15) is 5.26 Å². The fourth-order valence-corrected chi connectivity index (χ4v) is 2.15. The van der Waals surface area contributed by atoms with Crippen molar-refractivity contribution in [2.45, 2.75) is 0 Å². The molecule has 0 aliphatic heterocycles. The van der Waals surface area contributed by atoms with Gasteiger partial charge in [0.1, 0.15) is 5.75 Å². The topological polar surface area (TPSA) is 91.2 Å². The lowest BCUT2D eigenvalue weighted by Gasteiger charge is -2.09. The van der Waals surface area contributed by atoms with Crippen LogP contribution in [0.25, 0.3) is 0 Å². The molecule has 0 saturated carbocycles. The van der Waals surface area contributed by atoms with Crippen LogP contribution in [0.4, 0.5) is 5.69 Å². The number of hydrogen-bond acceptors (Lipinski definition) is 4. The highest BCUT2D eigenvalue weighted by Crippen LogP contribution is 2.20. The van der Waals surface area contributed by atoms with E-state index in [-0.39, 0.29) is 19.1 Å². The standard InChI is InChI=1S/C17H14BrN3O3/c18-14-3-1-2-4-15(14)21-16(22)10-20-17(23)11-24-13-7-5-12(9-19)6-8-13/h1-8H,10-11H2,(H,20,23)(H,21,22). The van der Waals surface area contributed by atoms with Crippen LogP contribution in [0.15, 0.2) is 53.0 Å². The van der Waals surface area contributed by atoms with Crippen LogP contribution in [0.2, 0.25) is 0 Å². The highest BCUT2D eigenvalue weighted by atomic mass is 79.9. The number of anilines is 1. The Kier molecular flexibility index (Phi) is 6.34. The molecule has 0 spiro atoms. The summed E-state index contributed by atoms with van der Waals surface area (Å²) in [6, 6.07) is 15.6. The molecule has 0 atom stereocenters. The maximum atomic E-state index is 11.8. The van der Waals surface area contributed by atoms with Gasteiger partial charge < -0.3 is 15.4 Å². The number of amides is 2. The first-order chi connectivity index (χ1) is 11.6. The molecule has 0 fully saturated rings. The van der Waals surface area contributed by atoms with Gasteiger partial charge in [0, 0.05) is 4.47 Å². The Hall–Kier alpha value is -2.85. The second-order valence-corrected chi connectivity index (χ2v) is 5.58. The highest BCUT2D eigenvalue weighted by molar-refractivity contribution is 9.10. The first-order valence-corrected chi connectivity index (χ1v) is 7.82. The van der Waals surface area contributed by atoms with Crippen molar-refractivity contribution in [3.05, 3.63) is 58.6 Å². The van der Waals surface area contributed by atoms with E-state index in [1.54, 1.807) is 42.5 Å². The Balaban J connectivity index is 1.73. The molecule has 0 unspecified atom stereocenters. The van der Waals surface area contributed by atoms with Crippen LogP contribution in [0.1, 0.15) is 5.56 Å². The number of para-hydroxylation sites is 1. The lowest BCUT2D eigenvalue weighted by molar-refractivity contribution is -0.125. The van der Waals surface area contributed by atoms with E-state index in [0.29, 0.717) is 17.0 Å². The summed E-state index contributed by atoms with van der Waals surface area (Å²) in [4.78, 5) is 23.5. The molecule has 0 aromatic heterocycles. The molecule has 7 heteroatoms. The summed E-state index contributed by atoms with van der Waals surface area (Å²) in [6.07, 6.45) is 0. The Labute approximate surface area is 147 Å². The van der Waals surface area contributed by atoms with E-state index in [0.717, 1.165) is 4.47 Å². The van der Waals surface area contributed by atoms with Gasteiger partial charge in [0.25, 0.3) is 5.91 Å². The number of nitrogens with one attached hydrogen (secondary N) is 2. The van der Waals surface area contributed by atoms with Crippen LogP contribution in [-0.2, 0) is 9.59 Å². The molecule has 2 aromatic carbocycles. The Morgan fingerprint density at radius 3 is 2.46 bits per heavy atom. The quantitative estimate of drug-likeness (QED) is 0.796. The van der Waals surface area contributed by atoms with E-state index in [1.165, 1.54) is 0 Å². The van der Waals surface area contributed by atoms with Crippen molar-refractivity contribution in [2.75, 3.05) is 18.5 Å². The van der Waals surface area contributed by atoms with Gasteiger partial charge in [0.05, 0.1) is 23.9 Å². The van der Waals surface area contributed by atoms with Gasteiger partial charge in [-0.25, -0.2) is 0 Å². The normalized spacial score (nSPS) is 9.67. The van der Waals surface area contributed by atoms with Crippen LogP contribution < -0.4 is 15.4 Å². The molecular formula is C17H14BrN3O3. The van der Waals surface area contributed by atoms with E-state index in [2.05, 4.69) is 26.6 Å². The summed E-state index contributed by atoms with van der Waals surface area (Å²) in [5, 5.41) is 13.8. The molecule has 2 aromatic rings. The molecule has 2 rings (SSSR count). The predicted molar refractivity (Wildman–Crippen MR) is 92.4 cm³/mol. The van der Waals surface area contributed by atoms with E-state index < -0.39 is 5.91 Å². The number of benzene rings is 2. The molecule has 2 N–H and O–H groups in total. The number of halogens is 1. The SMILES string of the molecule is N#Cc1ccc(OCC(=O)NCC(=O)Nc2ccccc2Br)cc1. The molecule has 0 saturated heterocycles. The zero-order valence-electron chi connectivity index (χ0n) is 12.6. The maximum Gasteiger partial charge on any atom is 0.258 e. The minimum atomic E-state index is -0.415. The van der Waals surface area contributed by atoms with Gasteiger partial charge >= 0.3 is 0 Å². The van der Waals surface area contributed by atoms with Crippen LogP contribution in [0, 0.1) is 11.3 Å². The Morgan fingerprint density at radius 1 is 1.08 bits per heavy atom. The molecule has 0 aliphatic carbocycles. The first kappa shape index (κ1) is 17.5. The predicted octanol–water partition coefficient (Wildman–Crippen LogP) is 2.45. The van der Waals surface area contributed by atoms with Crippen molar-refractivity contribution < 1.29 is 14.3 Å².